The first kappa shape index (κ1) is 16.6. The monoisotopic (exact) mass is 352 g/mol. The molecule has 2 aromatic heterocycles. The van der Waals surface area contributed by atoms with Crippen molar-refractivity contribution < 1.29 is 9.59 Å². The molecule has 0 N–H and O–H groups in total. The van der Waals surface area contributed by atoms with Crippen LogP contribution in [0.1, 0.15) is 35.4 Å². The summed E-state index contributed by atoms with van der Waals surface area (Å²) in [6, 6.07) is 0. The van der Waals surface area contributed by atoms with Gasteiger partial charge in [-0.2, -0.15) is 0 Å². The Bertz CT molecular complexity index is 815. The smallest absolute Gasteiger partial charge is 0.274 e. The fraction of sp³-hybridized carbons (Fsp3) is 0.444. The Kier molecular flexibility index (Phi) is 4.10. The van der Waals surface area contributed by atoms with E-state index in [0.717, 1.165) is 17.8 Å². The van der Waals surface area contributed by atoms with Gasteiger partial charge in [-0.3, -0.25) is 14.6 Å². The Morgan fingerprint density at radius 1 is 1.00 bits per heavy atom. The molecular formula is C18H20N6O2. The summed E-state index contributed by atoms with van der Waals surface area (Å²) < 4.78 is 0. The molecule has 1 spiro atoms. The van der Waals surface area contributed by atoms with E-state index in [1.165, 1.54) is 12.5 Å². The lowest BCUT2D eigenvalue weighted by Crippen LogP contribution is -2.46. The second-order valence-electron chi connectivity index (χ2n) is 6.92. The van der Waals surface area contributed by atoms with E-state index in [2.05, 4.69) is 19.9 Å². The molecule has 2 saturated heterocycles. The Labute approximate surface area is 151 Å². The number of aryl methyl sites for hydroxylation is 1. The fourth-order valence-electron chi connectivity index (χ4n) is 3.76. The van der Waals surface area contributed by atoms with Gasteiger partial charge in [0.05, 0.1) is 35.4 Å². The average Bonchev–Trinajstić information content (AvgIpc) is 2.99. The number of hydrogen-bond donors (Lipinski definition) is 0. The molecular weight excluding hydrogens is 332 g/mol. The Morgan fingerprint density at radius 2 is 1.69 bits per heavy atom. The molecule has 26 heavy (non-hydrogen) atoms. The van der Waals surface area contributed by atoms with Crippen molar-refractivity contribution >= 4 is 17.5 Å². The summed E-state index contributed by atoms with van der Waals surface area (Å²) in [6.45, 7) is 3.61. The number of aromatic nitrogens is 4. The number of carbonyl (C=O) groups is 2. The summed E-state index contributed by atoms with van der Waals surface area (Å²) >= 11 is 0. The summed E-state index contributed by atoms with van der Waals surface area (Å²) in [6.07, 6.45) is 10.0. The Balaban J connectivity index is 1.44. The van der Waals surface area contributed by atoms with Gasteiger partial charge in [-0.1, -0.05) is 0 Å². The predicted molar refractivity (Wildman–Crippen MR) is 93.3 cm³/mol. The van der Waals surface area contributed by atoms with Crippen molar-refractivity contribution in [3.05, 3.63) is 42.5 Å². The summed E-state index contributed by atoms with van der Waals surface area (Å²) in [7, 11) is 0. The van der Waals surface area contributed by atoms with Crippen molar-refractivity contribution in [1.82, 2.24) is 24.8 Å². The lowest BCUT2D eigenvalue weighted by Gasteiger charge is -2.37. The maximum Gasteiger partial charge on any atom is 0.274 e. The highest BCUT2D eigenvalue weighted by Crippen LogP contribution is 2.43. The van der Waals surface area contributed by atoms with Crippen molar-refractivity contribution in [3.63, 3.8) is 0 Å². The normalized spacial score (nSPS) is 19.2. The number of anilines is 1. The summed E-state index contributed by atoms with van der Waals surface area (Å²) in [5, 5.41) is 0. The predicted octanol–water partition coefficient (Wildman–Crippen LogP) is 1.23. The molecule has 2 aliphatic rings. The van der Waals surface area contributed by atoms with Crippen LogP contribution in [0.4, 0.5) is 5.69 Å². The fourth-order valence-corrected chi connectivity index (χ4v) is 3.76. The largest absolute Gasteiger partial charge is 0.337 e. The number of likely N-dealkylation sites (tertiary alicyclic amines) is 1. The maximum absolute atomic E-state index is 13.0. The van der Waals surface area contributed by atoms with E-state index in [4.69, 9.17) is 0 Å². The van der Waals surface area contributed by atoms with Crippen molar-refractivity contribution in [2.45, 2.75) is 26.2 Å². The zero-order chi connectivity index (χ0) is 18.1. The second-order valence-corrected chi connectivity index (χ2v) is 6.92. The SMILES string of the molecule is Cc1cnc(C(=O)N2CCC3(CC2)CCN(c2cncnc2)C3=O)cn1. The quantitative estimate of drug-likeness (QED) is 0.807. The lowest BCUT2D eigenvalue weighted by atomic mass is 9.77. The van der Waals surface area contributed by atoms with Crippen LogP contribution in [-0.4, -0.2) is 56.3 Å². The van der Waals surface area contributed by atoms with E-state index in [-0.39, 0.29) is 17.2 Å². The van der Waals surface area contributed by atoms with E-state index in [9.17, 15) is 9.59 Å². The van der Waals surface area contributed by atoms with Gasteiger partial charge in [-0.15, -0.1) is 0 Å². The maximum atomic E-state index is 13.0. The number of nitrogens with zero attached hydrogens (tertiary/aromatic N) is 6. The van der Waals surface area contributed by atoms with Gasteiger partial charge in [0.15, 0.2) is 0 Å². The topological polar surface area (TPSA) is 92.2 Å². The highest BCUT2D eigenvalue weighted by atomic mass is 16.2. The van der Waals surface area contributed by atoms with Crippen LogP contribution >= 0.6 is 0 Å². The van der Waals surface area contributed by atoms with Crippen LogP contribution in [0.3, 0.4) is 0 Å². The Hall–Kier alpha value is -2.90. The molecule has 4 rings (SSSR count). The number of rotatable bonds is 2. The standard InChI is InChI=1S/C18H20N6O2/c1-13-8-22-15(11-21-13)16(25)23-5-2-18(3-6-23)4-7-24(17(18)26)14-9-19-12-20-10-14/h8-12H,2-7H2,1H3. The molecule has 2 amide bonds. The van der Waals surface area contributed by atoms with Gasteiger partial charge in [0, 0.05) is 25.8 Å². The van der Waals surface area contributed by atoms with E-state index in [1.807, 2.05) is 6.92 Å². The van der Waals surface area contributed by atoms with Gasteiger partial charge in [0.2, 0.25) is 5.91 Å². The molecule has 8 nitrogen and oxygen atoms in total. The number of amides is 2. The summed E-state index contributed by atoms with van der Waals surface area (Å²) in [5.41, 5.74) is 1.49. The van der Waals surface area contributed by atoms with Crippen LogP contribution in [-0.2, 0) is 4.79 Å². The zero-order valence-electron chi connectivity index (χ0n) is 14.6. The molecule has 134 valence electrons. The van der Waals surface area contributed by atoms with E-state index in [0.29, 0.717) is 38.2 Å². The van der Waals surface area contributed by atoms with Crippen LogP contribution < -0.4 is 4.90 Å². The molecule has 8 heteroatoms. The molecule has 0 aliphatic carbocycles. The highest BCUT2D eigenvalue weighted by molar-refractivity contribution is 6.00. The zero-order valence-corrected chi connectivity index (χ0v) is 14.6. The van der Waals surface area contributed by atoms with Crippen molar-refractivity contribution in [2.24, 2.45) is 5.41 Å². The first-order chi connectivity index (χ1) is 12.6. The Morgan fingerprint density at radius 3 is 2.35 bits per heavy atom. The van der Waals surface area contributed by atoms with Crippen LogP contribution in [0.2, 0.25) is 0 Å². The number of carbonyl (C=O) groups excluding carboxylic acids is 2. The first-order valence-electron chi connectivity index (χ1n) is 8.74. The third kappa shape index (κ3) is 2.81. The van der Waals surface area contributed by atoms with Gasteiger partial charge in [0.25, 0.3) is 5.91 Å². The van der Waals surface area contributed by atoms with Crippen molar-refractivity contribution in [2.75, 3.05) is 24.5 Å². The lowest BCUT2D eigenvalue weighted by molar-refractivity contribution is -0.127. The van der Waals surface area contributed by atoms with Gasteiger partial charge >= 0.3 is 0 Å². The molecule has 0 aromatic carbocycles. The van der Waals surface area contributed by atoms with Gasteiger partial charge in [0.1, 0.15) is 12.0 Å². The van der Waals surface area contributed by atoms with Gasteiger partial charge in [-0.25, -0.2) is 15.0 Å². The molecule has 0 saturated carbocycles. The van der Waals surface area contributed by atoms with Crippen molar-refractivity contribution in [1.29, 1.82) is 0 Å². The minimum atomic E-state index is -0.383. The third-order valence-electron chi connectivity index (χ3n) is 5.38. The minimum absolute atomic E-state index is 0.119. The molecule has 2 fully saturated rings. The second kappa shape index (κ2) is 6.44. The first-order valence-corrected chi connectivity index (χ1v) is 8.74. The average molecular weight is 352 g/mol. The van der Waals surface area contributed by atoms with E-state index in [1.54, 1.807) is 28.4 Å². The molecule has 0 unspecified atom stereocenters. The molecule has 0 radical (unpaired) electrons. The minimum Gasteiger partial charge on any atom is -0.337 e. The number of piperidine rings is 1. The molecule has 0 bridgehead atoms. The van der Waals surface area contributed by atoms with Crippen LogP contribution in [0.25, 0.3) is 0 Å². The summed E-state index contributed by atoms with van der Waals surface area (Å²) in [4.78, 5) is 45.4. The summed E-state index contributed by atoms with van der Waals surface area (Å²) in [5.74, 6) is 0.000591. The third-order valence-corrected chi connectivity index (χ3v) is 5.38. The van der Waals surface area contributed by atoms with Gasteiger partial charge < -0.3 is 9.80 Å². The van der Waals surface area contributed by atoms with Crippen molar-refractivity contribution in [3.8, 4) is 0 Å². The molecule has 4 heterocycles. The van der Waals surface area contributed by atoms with E-state index >= 15 is 0 Å². The van der Waals surface area contributed by atoms with Crippen LogP contribution in [0.15, 0.2) is 31.1 Å². The molecule has 2 aliphatic heterocycles. The van der Waals surface area contributed by atoms with Crippen LogP contribution in [0.5, 0.6) is 0 Å². The number of hydrogen-bond acceptors (Lipinski definition) is 6. The van der Waals surface area contributed by atoms with E-state index < -0.39 is 0 Å². The van der Waals surface area contributed by atoms with Gasteiger partial charge in [-0.05, 0) is 26.2 Å². The highest BCUT2D eigenvalue weighted by Gasteiger charge is 2.49. The molecule has 2 aromatic rings. The van der Waals surface area contributed by atoms with Crippen LogP contribution in [0, 0.1) is 12.3 Å². The molecule has 0 atom stereocenters.